The summed E-state index contributed by atoms with van der Waals surface area (Å²) in [7, 11) is 0. The molecule has 0 radical (unpaired) electrons. The van der Waals surface area contributed by atoms with E-state index in [1.165, 1.54) is 0 Å². The number of carbonyl (C=O) groups is 1. The van der Waals surface area contributed by atoms with E-state index in [1.54, 1.807) is 30.3 Å². The molecule has 0 bridgehead atoms. The number of carboxylic acid groups (broad SMARTS) is 1. The van der Waals surface area contributed by atoms with E-state index in [2.05, 4.69) is 10.3 Å². The summed E-state index contributed by atoms with van der Waals surface area (Å²) in [4.78, 5) is 15.5. The molecule has 0 saturated heterocycles. The molecule has 0 amide bonds. The number of aliphatic hydroxyl groups is 1. The van der Waals surface area contributed by atoms with Gasteiger partial charge in [0.25, 0.3) is 0 Å². The van der Waals surface area contributed by atoms with Crippen molar-refractivity contribution in [1.29, 1.82) is 0 Å². The first-order valence-corrected chi connectivity index (χ1v) is 5.95. The second-order valence-electron chi connectivity index (χ2n) is 5.04. The van der Waals surface area contributed by atoms with E-state index in [-0.39, 0.29) is 12.2 Å². The predicted molar refractivity (Wildman–Crippen MR) is 73.5 cm³/mol. The van der Waals surface area contributed by atoms with Crippen LogP contribution in [0.5, 0.6) is 0 Å². The van der Waals surface area contributed by atoms with Crippen LogP contribution in [0.3, 0.4) is 0 Å². The van der Waals surface area contributed by atoms with Crippen LogP contribution in [0.15, 0.2) is 30.3 Å². The monoisotopic (exact) mass is 260 g/mol. The van der Waals surface area contributed by atoms with Crippen LogP contribution in [-0.2, 0) is 0 Å². The van der Waals surface area contributed by atoms with Crippen molar-refractivity contribution in [2.24, 2.45) is 0 Å². The van der Waals surface area contributed by atoms with Crippen LogP contribution < -0.4 is 5.32 Å². The summed E-state index contributed by atoms with van der Waals surface area (Å²) in [5.41, 5.74) is 0.363. The minimum atomic E-state index is -0.969. The number of fused-ring (bicyclic) bond motifs is 1. The number of nitrogens with one attached hydrogen (secondary N) is 1. The number of aromatic nitrogens is 1. The zero-order chi connectivity index (χ0) is 14.0. The van der Waals surface area contributed by atoms with Gasteiger partial charge in [-0.2, -0.15) is 0 Å². The fourth-order valence-corrected chi connectivity index (χ4v) is 1.80. The topological polar surface area (TPSA) is 82.5 Å². The van der Waals surface area contributed by atoms with Crippen molar-refractivity contribution >= 4 is 22.7 Å². The molecule has 0 aliphatic rings. The van der Waals surface area contributed by atoms with Crippen molar-refractivity contribution in [3.8, 4) is 0 Å². The first-order valence-electron chi connectivity index (χ1n) is 5.95. The van der Waals surface area contributed by atoms with Gasteiger partial charge < -0.3 is 15.5 Å². The second kappa shape index (κ2) is 4.85. The van der Waals surface area contributed by atoms with E-state index in [0.717, 1.165) is 0 Å². The Bertz CT molecular complexity index is 623. The Balaban J connectivity index is 2.45. The quantitative estimate of drug-likeness (QED) is 0.784. The Kier molecular flexibility index (Phi) is 3.40. The Hall–Kier alpha value is -2.14. The van der Waals surface area contributed by atoms with Crippen molar-refractivity contribution in [3.63, 3.8) is 0 Å². The molecule has 3 N–H and O–H groups in total. The van der Waals surface area contributed by atoms with Gasteiger partial charge >= 0.3 is 5.97 Å². The summed E-state index contributed by atoms with van der Waals surface area (Å²) >= 11 is 0. The van der Waals surface area contributed by atoms with Gasteiger partial charge in [0.15, 0.2) is 0 Å². The average Bonchev–Trinajstić information content (AvgIpc) is 2.37. The molecule has 0 unspecified atom stereocenters. The molecule has 0 saturated carbocycles. The van der Waals surface area contributed by atoms with E-state index in [4.69, 9.17) is 5.11 Å². The summed E-state index contributed by atoms with van der Waals surface area (Å²) in [5.74, 6) is -0.363. The number of anilines is 1. The minimum Gasteiger partial charge on any atom is -0.478 e. The van der Waals surface area contributed by atoms with Gasteiger partial charge in [-0.1, -0.05) is 6.07 Å². The number of benzene rings is 1. The highest BCUT2D eigenvalue weighted by atomic mass is 16.4. The number of aromatic carboxylic acids is 1. The van der Waals surface area contributed by atoms with Gasteiger partial charge in [-0.25, -0.2) is 9.78 Å². The lowest BCUT2D eigenvalue weighted by atomic mass is 10.1. The molecule has 0 spiro atoms. The molecule has 0 aliphatic carbocycles. The third-order valence-corrected chi connectivity index (χ3v) is 2.82. The van der Waals surface area contributed by atoms with E-state index < -0.39 is 11.5 Å². The Morgan fingerprint density at radius 3 is 2.68 bits per heavy atom. The van der Waals surface area contributed by atoms with Crippen molar-refractivity contribution in [1.82, 2.24) is 4.98 Å². The Morgan fingerprint density at radius 2 is 2.05 bits per heavy atom. The maximum atomic E-state index is 11.1. The van der Waals surface area contributed by atoms with Gasteiger partial charge in [0, 0.05) is 5.39 Å². The maximum absolute atomic E-state index is 11.1. The van der Waals surface area contributed by atoms with Crippen LogP contribution in [0.2, 0.25) is 0 Å². The smallest absolute Gasteiger partial charge is 0.336 e. The minimum absolute atomic E-state index is 0.0259. The van der Waals surface area contributed by atoms with Crippen LogP contribution >= 0.6 is 0 Å². The standard InChI is InChI=1S/C14H16N2O3/c1-14(2,8-17)16-12-7-6-9-10(13(18)19)4-3-5-11(9)15-12/h3-7,17H,8H2,1-2H3,(H,15,16)(H,18,19). The first-order chi connectivity index (χ1) is 8.93. The first kappa shape index (κ1) is 13.3. The van der Waals surface area contributed by atoms with E-state index in [9.17, 15) is 9.90 Å². The summed E-state index contributed by atoms with van der Waals surface area (Å²) in [6.45, 7) is 3.68. The highest BCUT2D eigenvalue weighted by Crippen LogP contribution is 2.21. The van der Waals surface area contributed by atoms with Crippen LogP contribution in [0, 0.1) is 0 Å². The van der Waals surface area contributed by atoms with Crippen molar-refractivity contribution in [3.05, 3.63) is 35.9 Å². The Morgan fingerprint density at radius 1 is 1.32 bits per heavy atom. The van der Waals surface area contributed by atoms with Gasteiger partial charge in [-0.3, -0.25) is 0 Å². The predicted octanol–water partition coefficient (Wildman–Crippen LogP) is 2.12. The largest absolute Gasteiger partial charge is 0.478 e. The van der Waals surface area contributed by atoms with Crippen LogP contribution in [0.25, 0.3) is 10.9 Å². The zero-order valence-corrected chi connectivity index (χ0v) is 10.8. The fourth-order valence-electron chi connectivity index (χ4n) is 1.80. The van der Waals surface area contributed by atoms with E-state index in [1.807, 2.05) is 13.8 Å². The summed E-state index contributed by atoms with van der Waals surface area (Å²) in [6.07, 6.45) is 0. The van der Waals surface area contributed by atoms with Gasteiger partial charge in [0.05, 0.1) is 23.2 Å². The molecular weight excluding hydrogens is 244 g/mol. The van der Waals surface area contributed by atoms with E-state index >= 15 is 0 Å². The van der Waals surface area contributed by atoms with Crippen LogP contribution in [-0.4, -0.2) is 33.3 Å². The van der Waals surface area contributed by atoms with Crippen LogP contribution in [0.1, 0.15) is 24.2 Å². The number of nitrogens with zero attached hydrogens (tertiary/aromatic N) is 1. The molecule has 0 fully saturated rings. The van der Waals surface area contributed by atoms with E-state index in [0.29, 0.717) is 16.7 Å². The van der Waals surface area contributed by atoms with Crippen molar-refractivity contribution in [2.45, 2.75) is 19.4 Å². The Labute approximate surface area is 110 Å². The summed E-state index contributed by atoms with van der Waals surface area (Å²) in [5, 5.41) is 22.0. The molecule has 2 rings (SSSR count). The number of hydrogen-bond donors (Lipinski definition) is 3. The average molecular weight is 260 g/mol. The fraction of sp³-hybridized carbons (Fsp3) is 0.286. The molecule has 1 heterocycles. The molecule has 5 heteroatoms. The van der Waals surface area contributed by atoms with Gasteiger partial charge in [-0.05, 0) is 38.1 Å². The molecular formula is C14H16N2O3. The normalized spacial score (nSPS) is 11.5. The summed E-state index contributed by atoms with van der Waals surface area (Å²) < 4.78 is 0. The lowest BCUT2D eigenvalue weighted by Crippen LogP contribution is -2.35. The lowest BCUT2D eigenvalue weighted by Gasteiger charge is -2.24. The van der Waals surface area contributed by atoms with Crippen molar-refractivity contribution in [2.75, 3.05) is 11.9 Å². The molecule has 1 aromatic heterocycles. The second-order valence-corrected chi connectivity index (χ2v) is 5.04. The number of rotatable bonds is 4. The molecule has 19 heavy (non-hydrogen) atoms. The number of aliphatic hydroxyl groups excluding tert-OH is 1. The summed E-state index contributed by atoms with van der Waals surface area (Å²) in [6, 6.07) is 8.42. The number of hydrogen-bond acceptors (Lipinski definition) is 4. The highest BCUT2D eigenvalue weighted by molar-refractivity contribution is 6.02. The number of carboxylic acids is 1. The third kappa shape index (κ3) is 2.82. The molecule has 100 valence electrons. The molecule has 2 aromatic rings. The van der Waals surface area contributed by atoms with Gasteiger partial charge in [0.1, 0.15) is 5.82 Å². The highest BCUT2D eigenvalue weighted by Gasteiger charge is 2.17. The third-order valence-electron chi connectivity index (χ3n) is 2.82. The molecule has 5 nitrogen and oxygen atoms in total. The molecule has 1 aromatic carbocycles. The van der Waals surface area contributed by atoms with Gasteiger partial charge in [-0.15, -0.1) is 0 Å². The maximum Gasteiger partial charge on any atom is 0.336 e. The van der Waals surface area contributed by atoms with Crippen LogP contribution in [0.4, 0.5) is 5.82 Å². The molecule has 0 atom stereocenters. The van der Waals surface area contributed by atoms with Crippen molar-refractivity contribution < 1.29 is 15.0 Å². The lowest BCUT2D eigenvalue weighted by molar-refractivity contribution is 0.0699. The molecule has 0 aliphatic heterocycles. The number of pyridine rings is 1. The zero-order valence-electron chi connectivity index (χ0n) is 10.8. The van der Waals surface area contributed by atoms with Gasteiger partial charge in [0.2, 0.25) is 0 Å². The SMILES string of the molecule is CC(C)(CO)Nc1ccc2c(C(=O)O)cccc2n1.